The van der Waals surface area contributed by atoms with E-state index in [1.54, 1.807) is 0 Å². The predicted octanol–water partition coefficient (Wildman–Crippen LogP) is 3.81. The van der Waals surface area contributed by atoms with Crippen molar-refractivity contribution in [2.24, 2.45) is 0 Å². The van der Waals surface area contributed by atoms with Crippen LogP contribution in [0.2, 0.25) is 0 Å². The fourth-order valence-corrected chi connectivity index (χ4v) is 2.06. The molecule has 0 bridgehead atoms. The van der Waals surface area contributed by atoms with Crippen LogP contribution in [-0.4, -0.2) is 9.78 Å². The minimum absolute atomic E-state index is 0.410. The molecule has 0 radical (unpaired) electrons. The summed E-state index contributed by atoms with van der Waals surface area (Å²) < 4.78 is 2.02. The van der Waals surface area contributed by atoms with Gasteiger partial charge in [0.05, 0.1) is 6.04 Å². The zero-order valence-corrected chi connectivity index (χ0v) is 10.8. The van der Waals surface area contributed by atoms with E-state index in [2.05, 4.69) is 50.1 Å². The van der Waals surface area contributed by atoms with Crippen LogP contribution in [0.3, 0.4) is 0 Å². The second-order valence-corrected chi connectivity index (χ2v) is 4.94. The molecule has 2 heteroatoms. The Balaban J connectivity index is 2.11. The topological polar surface area (TPSA) is 17.8 Å². The molecule has 1 aromatic heterocycles. The molecule has 0 fully saturated rings. The van der Waals surface area contributed by atoms with Crippen LogP contribution in [0, 0.1) is 0 Å². The van der Waals surface area contributed by atoms with E-state index >= 15 is 0 Å². The Labute approximate surface area is 103 Å². The molecule has 2 nitrogen and oxygen atoms in total. The summed E-state index contributed by atoms with van der Waals surface area (Å²) >= 11 is 0. The summed E-state index contributed by atoms with van der Waals surface area (Å²) in [5, 5.41) is 4.29. The van der Waals surface area contributed by atoms with Gasteiger partial charge in [0.1, 0.15) is 0 Å². The van der Waals surface area contributed by atoms with Crippen molar-refractivity contribution in [3.8, 4) is 0 Å². The summed E-state index contributed by atoms with van der Waals surface area (Å²) in [6, 6.07) is 11.2. The Morgan fingerprint density at radius 3 is 2.65 bits per heavy atom. The van der Waals surface area contributed by atoms with Crippen molar-refractivity contribution < 1.29 is 0 Å². The lowest BCUT2D eigenvalue weighted by atomic mass is 9.98. The molecular formula is C15H20N2. The van der Waals surface area contributed by atoms with Crippen molar-refractivity contribution in [2.75, 3.05) is 0 Å². The molecule has 1 heterocycles. The van der Waals surface area contributed by atoms with Gasteiger partial charge in [0.2, 0.25) is 0 Å². The highest BCUT2D eigenvalue weighted by Gasteiger charge is 2.07. The normalized spacial score (nSPS) is 12.9. The summed E-state index contributed by atoms with van der Waals surface area (Å²) in [5.41, 5.74) is 2.80. The fraction of sp³-hybridized carbons (Fsp3) is 0.400. The highest BCUT2D eigenvalue weighted by Crippen LogP contribution is 2.19. The molecular weight excluding hydrogens is 208 g/mol. The second kappa shape index (κ2) is 5.17. The van der Waals surface area contributed by atoms with E-state index in [1.165, 1.54) is 11.1 Å². The van der Waals surface area contributed by atoms with Crippen molar-refractivity contribution in [2.45, 2.75) is 39.2 Å². The van der Waals surface area contributed by atoms with E-state index in [0.717, 1.165) is 6.42 Å². The highest BCUT2D eigenvalue weighted by atomic mass is 15.3. The average molecular weight is 228 g/mol. The predicted molar refractivity (Wildman–Crippen MR) is 71.2 cm³/mol. The first-order chi connectivity index (χ1) is 8.16. The first-order valence-electron chi connectivity index (χ1n) is 6.25. The number of nitrogens with zero attached hydrogens (tertiary/aromatic N) is 2. The summed E-state index contributed by atoms with van der Waals surface area (Å²) in [5.74, 6) is 0.593. The van der Waals surface area contributed by atoms with Gasteiger partial charge in [-0.05, 0) is 36.5 Å². The third kappa shape index (κ3) is 2.96. The summed E-state index contributed by atoms with van der Waals surface area (Å²) in [6.07, 6.45) is 4.89. The molecule has 2 aromatic rings. The van der Waals surface area contributed by atoms with Crippen LogP contribution in [0.1, 0.15) is 43.9 Å². The minimum Gasteiger partial charge on any atom is -0.270 e. The van der Waals surface area contributed by atoms with Gasteiger partial charge < -0.3 is 0 Å². The number of aromatic nitrogens is 2. The van der Waals surface area contributed by atoms with Gasteiger partial charge in [0, 0.05) is 12.4 Å². The van der Waals surface area contributed by atoms with Crippen LogP contribution in [0.4, 0.5) is 0 Å². The Hall–Kier alpha value is -1.57. The summed E-state index contributed by atoms with van der Waals surface area (Å²) in [6.45, 7) is 6.67. The van der Waals surface area contributed by atoms with Crippen molar-refractivity contribution in [1.82, 2.24) is 9.78 Å². The van der Waals surface area contributed by atoms with Crippen LogP contribution in [-0.2, 0) is 6.42 Å². The number of benzene rings is 1. The Morgan fingerprint density at radius 2 is 2.00 bits per heavy atom. The van der Waals surface area contributed by atoms with E-state index < -0.39 is 0 Å². The van der Waals surface area contributed by atoms with E-state index in [9.17, 15) is 0 Å². The van der Waals surface area contributed by atoms with Crippen LogP contribution >= 0.6 is 0 Å². The zero-order chi connectivity index (χ0) is 12.3. The molecule has 1 unspecified atom stereocenters. The Kier molecular flexibility index (Phi) is 3.62. The monoisotopic (exact) mass is 228 g/mol. The van der Waals surface area contributed by atoms with Crippen molar-refractivity contribution in [3.63, 3.8) is 0 Å². The third-order valence-electron chi connectivity index (χ3n) is 3.13. The molecule has 1 atom stereocenters. The lowest BCUT2D eigenvalue weighted by Gasteiger charge is -2.14. The smallest absolute Gasteiger partial charge is 0.0531 e. The third-order valence-corrected chi connectivity index (χ3v) is 3.13. The molecule has 0 N–H and O–H groups in total. The van der Waals surface area contributed by atoms with Gasteiger partial charge in [0.15, 0.2) is 0 Å². The van der Waals surface area contributed by atoms with Gasteiger partial charge in [0.25, 0.3) is 0 Å². The molecule has 0 amide bonds. The Morgan fingerprint density at radius 1 is 1.18 bits per heavy atom. The van der Waals surface area contributed by atoms with Crippen molar-refractivity contribution in [1.29, 1.82) is 0 Å². The molecule has 0 aliphatic rings. The maximum atomic E-state index is 4.29. The summed E-state index contributed by atoms with van der Waals surface area (Å²) in [7, 11) is 0. The van der Waals surface area contributed by atoms with E-state index in [0.29, 0.717) is 12.0 Å². The zero-order valence-electron chi connectivity index (χ0n) is 10.8. The molecule has 1 aromatic carbocycles. The minimum atomic E-state index is 0.410. The van der Waals surface area contributed by atoms with Crippen LogP contribution in [0.25, 0.3) is 0 Å². The molecule has 90 valence electrons. The molecule has 0 saturated carbocycles. The molecule has 0 saturated heterocycles. The largest absolute Gasteiger partial charge is 0.270 e. The maximum absolute atomic E-state index is 4.29. The molecule has 0 aliphatic heterocycles. The summed E-state index contributed by atoms with van der Waals surface area (Å²) in [4.78, 5) is 0. The molecule has 0 aliphatic carbocycles. The van der Waals surface area contributed by atoms with Gasteiger partial charge >= 0.3 is 0 Å². The van der Waals surface area contributed by atoms with Crippen molar-refractivity contribution in [3.05, 3.63) is 53.9 Å². The standard InChI is InChI=1S/C15H20N2/c1-12(2)15-7-4-6-14(11-15)10-13(3)17-9-5-8-16-17/h4-9,11-13H,10H2,1-3H3. The van der Waals surface area contributed by atoms with Crippen LogP contribution < -0.4 is 0 Å². The van der Waals surface area contributed by atoms with Crippen LogP contribution in [0.5, 0.6) is 0 Å². The van der Waals surface area contributed by atoms with Gasteiger partial charge in [-0.15, -0.1) is 0 Å². The first-order valence-corrected chi connectivity index (χ1v) is 6.25. The van der Waals surface area contributed by atoms with E-state index in [4.69, 9.17) is 0 Å². The quantitative estimate of drug-likeness (QED) is 0.778. The van der Waals surface area contributed by atoms with Gasteiger partial charge in [-0.1, -0.05) is 38.1 Å². The number of hydrogen-bond donors (Lipinski definition) is 0. The highest BCUT2D eigenvalue weighted by molar-refractivity contribution is 5.26. The fourth-order valence-electron chi connectivity index (χ4n) is 2.06. The molecule has 2 rings (SSSR count). The average Bonchev–Trinajstić information content (AvgIpc) is 2.82. The van der Waals surface area contributed by atoms with E-state index in [1.807, 2.05) is 23.1 Å². The Bertz CT molecular complexity index is 458. The van der Waals surface area contributed by atoms with Gasteiger partial charge in [-0.3, -0.25) is 4.68 Å². The lowest BCUT2D eigenvalue weighted by Crippen LogP contribution is -2.08. The number of rotatable bonds is 4. The molecule has 0 spiro atoms. The maximum Gasteiger partial charge on any atom is 0.0531 e. The number of hydrogen-bond acceptors (Lipinski definition) is 1. The first kappa shape index (κ1) is 11.9. The van der Waals surface area contributed by atoms with Gasteiger partial charge in [-0.25, -0.2) is 0 Å². The van der Waals surface area contributed by atoms with Crippen LogP contribution in [0.15, 0.2) is 42.7 Å². The van der Waals surface area contributed by atoms with E-state index in [-0.39, 0.29) is 0 Å². The SMILES string of the molecule is CC(C)c1cccc(CC(C)n2cccn2)c1. The van der Waals surface area contributed by atoms with Gasteiger partial charge in [-0.2, -0.15) is 5.10 Å². The second-order valence-electron chi connectivity index (χ2n) is 4.94. The van der Waals surface area contributed by atoms with Crippen molar-refractivity contribution >= 4 is 0 Å². The molecule has 17 heavy (non-hydrogen) atoms. The lowest BCUT2D eigenvalue weighted by molar-refractivity contribution is 0.488.